The molecule has 4 heterocycles. The van der Waals surface area contributed by atoms with Gasteiger partial charge in [0, 0.05) is 56.7 Å². The molecule has 0 atom stereocenters. The second-order valence-corrected chi connectivity index (χ2v) is 7.72. The molecule has 0 bridgehead atoms. The van der Waals surface area contributed by atoms with Crippen molar-refractivity contribution in [2.45, 2.75) is 47.0 Å². The summed E-state index contributed by atoms with van der Waals surface area (Å²) in [6.45, 7) is 11.3. The zero-order chi connectivity index (χ0) is 26.5. The van der Waals surface area contributed by atoms with Gasteiger partial charge >= 0.3 is 0 Å². The van der Waals surface area contributed by atoms with Crippen LogP contribution in [-0.2, 0) is 7.05 Å². The number of aromatic hydroxyl groups is 1. The van der Waals surface area contributed by atoms with E-state index in [0.717, 1.165) is 31.7 Å². The Morgan fingerprint density at radius 2 is 1.58 bits per heavy atom. The van der Waals surface area contributed by atoms with Crippen molar-refractivity contribution in [2.24, 2.45) is 23.5 Å². The van der Waals surface area contributed by atoms with Crippen LogP contribution in [0.2, 0.25) is 0 Å². The van der Waals surface area contributed by atoms with E-state index in [9.17, 15) is 5.11 Å². The van der Waals surface area contributed by atoms with E-state index in [1.54, 1.807) is 25.5 Å². The Kier molecular flexibility index (Phi) is 11.6. The van der Waals surface area contributed by atoms with Gasteiger partial charge in [-0.3, -0.25) is 4.98 Å². The molecule has 3 aromatic heterocycles. The monoisotopic (exact) mass is 496 g/mol. The van der Waals surface area contributed by atoms with Crippen molar-refractivity contribution in [2.75, 3.05) is 26.2 Å². The number of aliphatic imine (C=N–C) groups is 1. The molecule has 196 valence electrons. The minimum Gasteiger partial charge on any atom is -0.506 e. The lowest BCUT2D eigenvalue weighted by Gasteiger charge is -2.27. The van der Waals surface area contributed by atoms with Crippen LogP contribution in [0, 0.1) is 0 Å². The van der Waals surface area contributed by atoms with Crippen LogP contribution >= 0.6 is 0 Å². The normalized spacial score (nSPS) is 15.1. The fourth-order valence-corrected chi connectivity index (χ4v) is 3.08. The molecule has 3 aromatic rings. The average Bonchev–Trinajstić information content (AvgIpc) is 3.76. The SMILES string of the molecule is C1CC1.CC.CC.Cn1nc2cc(-c3cnc(/C(N)=C/N=C(N)N4CCNCC4)c(O)c3)cnc2n1. The number of aromatic nitrogens is 5. The lowest BCUT2D eigenvalue weighted by atomic mass is 10.1. The Hall–Kier alpha value is -3.73. The van der Waals surface area contributed by atoms with Gasteiger partial charge < -0.3 is 26.8 Å². The van der Waals surface area contributed by atoms with E-state index in [-0.39, 0.29) is 17.1 Å². The first-order chi connectivity index (χ1) is 17.5. The summed E-state index contributed by atoms with van der Waals surface area (Å²) in [5, 5.41) is 22.1. The van der Waals surface area contributed by atoms with Gasteiger partial charge in [-0.1, -0.05) is 47.0 Å². The average molecular weight is 497 g/mol. The molecule has 0 unspecified atom stereocenters. The summed E-state index contributed by atoms with van der Waals surface area (Å²) in [6, 6.07) is 3.41. The molecular formula is C25H40N10O. The van der Waals surface area contributed by atoms with E-state index < -0.39 is 0 Å². The fourth-order valence-electron chi connectivity index (χ4n) is 3.08. The van der Waals surface area contributed by atoms with Crippen LogP contribution < -0.4 is 16.8 Å². The zero-order valence-electron chi connectivity index (χ0n) is 22.1. The van der Waals surface area contributed by atoms with Crippen LogP contribution in [0.25, 0.3) is 28.0 Å². The number of hydrogen-bond donors (Lipinski definition) is 4. The second-order valence-electron chi connectivity index (χ2n) is 7.72. The number of rotatable bonds is 3. The number of guanidine groups is 1. The van der Waals surface area contributed by atoms with Crippen molar-refractivity contribution in [3.8, 4) is 16.9 Å². The van der Waals surface area contributed by atoms with Crippen LogP contribution in [-0.4, -0.2) is 67.1 Å². The molecule has 0 radical (unpaired) electrons. The number of fused-ring (bicyclic) bond motifs is 1. The maximum atomic E-state index is 10.4. The van der Waals surface area contributed by atoms with Gasteiger partial charge in [0.2, 0.25) is 5.65 Å². The van der Waals surface area contributed by atoms with E-state index >= 15 is 0 Å². The van der Waals surface area contributed by atoms with Crippen molar-refractivity contribution in [1.29, 1.82) is 0 Å². The van der Waals surface area contributed by atoms with Crippen molar-refractivity contribution in [3.63, 3.8) is 0 Å². The largest absolute Gasteiger partial charge is 0.506 e. The third kappa shape index (κ3) is 8.19. The number of nitrogens with two attached hydrogens (primary N) is 2. The third-order valence-electron chi connectivity index (χ3n) is 4.94. The lowest BCUT2D eigenvalue weighted by Crippen LogP contribution is -2.49. The summed E-state index contributed by atoms with van der Waals surface area (Å²) in [5.74, 6) is 0.320. The number of nitrogens with one attached hydrogen (secondary N) is 1. The molecule has 6 N–H and O–H groups in total. The summed E-state index contributed by atoms with van der Waals surface area (Å²) >= 11 is 0. The highest BCUT2D eigenvalue weighted by atomic mass is 16.3. The van der Waals surface area contributed by atoms with E-state index in [1.807, 2.05) is 38.7 Å². The van der Waals surface area contributed by atoms with E-state index in [1.165, 1.54) is 30.3 Å². The fraction of sp³-hybridized carbons (Fsp3) is 0.480. The molecule has 0 aromatic carbocycles. The van der Waals surface area contributed by atoms with E-state index in [2.05, 4.69) is 30.5 Å². The van der Waals surface area contributed by atoms with Crippen LogP contribution in [0.5, 0.6) is 5.75 Å². The quantitative estimate of drug-likeness (QED) is 0.316. The highest BCUT2D eigenvalue weighted by Gasteiger charge is 2.13. The Labute approximate surface area is 213 Å². The Bertz CT molecular complexity index is 1140. The molecule has 1 saturated carbocycles. The number of piperazine rings is 1. The van der Waals surface area contributed by atoms with E-state index in [0.29, 0.717) is 22.7 Å². The number of pyridine rings is 2. The summed E-state index contributed by atoms with van der Waals surface area (Å²) in [6.07, 6.45) is 9.18. The molecule has 11 nitrogen and oxygen atoms in total. The Morgan fingerprint density at radius 1 is 0.972 bits per heavy atom. The van der Waals surface area contributed by atoms with Gasteiger partial charge in [-0.15, -0.1) is 5.10 Å². The van der Waals surface area contributed by atoms with Gasteiger partial charge in [-0.05, 0) is 12.1 Å². The van der Waals surface area contributed by atoms with E-state index in [4.69, 9.17) is 11.5 Å². The van der Waals surface area contributed by atoms with Crippen LogP contribution in [0.3, 0.4) is 0 Å². The second kappa shape index (κ2) is 14.6. The van der Waals surface area contributed by atoms with Crippen LogP contribution in [0.1, 0.15) is 52.7 Å². The summed E-state index contributed by atoms with van der Waals surface area (Å²) < 4.78 is 0. The zero-order valence-corrected chi connectivity index (χ0v) is 22.1. The van der Waals surface area contributed by atoms with Crippen LogP contribution in [0.15, 0.2) is 35.7 Å². The molecule has 2 fully saturated rings. The molecule has 1 aliphatic heterocycles. The molecule has 11 heteroatoms. The van der Waals surface area contributed by atoms with Crippen molar-refractivity contribution >= 4 is 22.8 Å². The third-order valence-corrected chi connectivity index (χ3v) is 4.94. The van der Waals surface area contributed by atoms with Crippen molar-refractivity contribution < 1.29 is 5.11 Å². The number of nitrogens with zero attached hydrogens (tertiary/aromatic N) is 7. The predicted molar refractivity (Wildman–Crippen MR) is 146 cm³/mol. The maximum Gasteiger partial charge on any atom is 0.201 e. The molecule has 5 rings (SSSR count). The minimum atomic E-state index is -0.0635. The van der Waals surface area contributed by atoms with Gasteiger partial charge in [0.15, 0.2) is 5.96 Å². The molecule has 0 spiro atoms. The number of aryl methyl sites for hydroxylation is 1. The standard InChI is InChI=1S/C18H22N10O.C3H6.2C2H6/c1-27-25-14-6-11(9-23-17(14)26-27)12-7-15(29)16(22-8-12)13(19)10-24-18(20)28-4-2-21-3-5-28;1-2-3-1;2*1-2/h6-10,21,29H,2-5,19H2,1H3,(H2,20,24);1-3H2;2*1-2H3/b13-10-;;;. The smallest absolute Gasteiger partial charge is 0.201 e. The van der Waals surface area contributed by atoms with Gasteiger partial charge in [-0.2, -0.15) is 9.90 Å². The Balaban J connectivity index is 0.000000582. The molecule has 1 aliphatic carbocycles. The summed E-state index contributed by atoms with van der Waals surface area (Å²) in [4.78, 5) is 16.2. The topological polar surface area (TPSA) is 156 Å². The molecule has 2 aliphatic rings. The Morgan fingerprint density at radius 3 is 2.19 bits per heavy atom. The summed E-state index contributed by atoms with van der Waals surface area (Å²) in [5.41, 5.74) is 15.2. The molecule has 0 amide bonds. The van der Waals surface area contributed by atoms with Crippen molar-refractivity contribution in [3.05, 3.63) is 36.4 Å². The predicted octanol–water partition coefficient (Wildman–Crippen LogP) is 2.83. The summed E-state index contributed by atoms with van der Waals surface area (Å²) in [7, 11) is 1.73. The van der Waals surface area contributed by atoms with Gasteiger partial charge in [0.25, 0.3) is 0 Å². The maximum absolute atomic E-state index is 10.4. The molecule has 1 saturated heterocycles. The van der Waals surface area contributed by atoms with Crippen molar-refractivity contribution in [1.82, 2.24) is 35.2 Å². The lowest BCUT2D eigenvalue weighted by molar-refractivity contribution is 0.354. The minimum absolute atomic E-state index is 0.0635. The van der Waals surface area contributed by atoms with Gasteiger partial charge in [0.05, 0.1) is 11.9 Å². The first kappa shape index (κ1) is 28.5. The van der Waals surface area contributed by atoms with Crippen LogP contribution in [0.4, 0.5) is 0 Å². The van der Waals surface area contributed by atoms with Gasteiger partial charge in [-0.25, -0.2) is 9.98 Å². The highest BCUT2D eigenvalue weighted by Crippen LogP contribution is 2.27. The first-order valence-corrected chi connectivity index (χ1v) is 12.6. The molecular weight excluding hydrogens is 456 g/mol. The van der Waals surface area contributed by atoms with Gasteiger partial charge in [0.1, 0.15) is 17.0 Å². The first-order valence-electron chi connectivity index (χ1n) is 12.6. The number of hydrogen-bond acceptors (Lipinski definition) is 8. The molecule has 36 heavy (non-hydrogen) atoms. The highest BCUT2D eigenvalue weighted by molar-refractivity contribution is 5.81.